The van der Waals surface area contributed by atoms with Crippen molar-refractivity contribution < 1.29 is 31.8 Å². The Balaban J connectivity index is 0.000000191. The fraction of sp³-hybridized carbons (Fsp3) is 0.714. The lowest BCUT2D eigenvalue weighted by molar-refractivity contribution is -0.143. The molecule has 13 heteroatoms. The molecule has 3 aliphatic rings. The van der Waals surface area contributed by atoms with E-state index in [1.54, 1.807) is 6.92 Å². The Bertz CT molecular complexity index is 1190. The molecule has 5 rings (SSSR count). The molecule has 0 radical (unpaired) electrons. The maximum Gasteiger partial charge on any atom is 0.401 e. The molecule has 4 heterocycles. The SMILES string of the molecule is CC1CN(C(C)C)CC1NC(=O)c1cc(C2(C)CCC2)on1.Cc1cc(C(=O)NC2CCN(CC(F)(F)F)C2)no1. The summed E-state index contributed by atoms with van der Waals surface area (Å²) in [7, 11) is 0. The first-order valence-electron chi connectivity index (χ1n) is 14.3. The van der Waals surface area contributed by atoms with Crippen molar-refractivity contribution in [1.29, 1.82) is 0 Å². The van der Waals surface area contributed by atoms with Crippen LogP contribution in [0.15, 0.2) is 21.2 Å². The summed E-state index contributed by atoms with van der Waals surface area (Å²) in [5.74, 6) is 1.29. The highest BCUT2D eigenvalue weighted by atomic mass is 19.4. The number of aromatic nitrogens is 2. The smallest absolute Gasteiger partial charge is 0.361 e. The third-order valence-corrected chi connectivity index (χ3v) is 8.35. The van der Waals surface area contributed by atoms with Gasteiger partial charge in [-0.25, -0.2) is 0 Å². The number of likely N-dealkylation sites (tertiary alicyclic amines) is 2. The molecule has 2 N–H and O–H groups in total. The van der Waals surface area contributed by atoms with E-state index in [-0.39, 0.29) is 35.6 Å². The summed E-state index contributed by atoms with van der Waals surface area (Å²) in [6, 6.07) is 3.73. The quantitative estimate of drug-likeness (QED) is 0.505. The molecule has 2 aromatic heterocycles. The number of hydrogen-bond acceptors (Lipinski definition) is 8. The number of aryl methyl sites for hydroxylation is 1. The van der Waals surface area contributed by atoms with Gasteiger partial charge in [-0.3, -0.25) is 19.4 Å². The topological polar surface area (TPSA) is 117 Å². The van der Waals surface area contributed by atoms with E-state index in [4.69, 9.17) is 9.05 Å². The van der Waals surface area contributed by atoms with Gasteiger partial charge in [-0.05, 0) is 46.0 Å². The lowest BCUT2D eigenvalue weighted by Crippen LogP contribution is -2.40. The Hall–Kier alpha value is -2.93. The van der Waals surface area contributed by atoms with Crippen molar-refractivity contribution in [2.45, 2.75) is 90.0 Å². The molecule has 0 bridgehead atoms. The molecule has 2 aromatic rings. The van der Waals surface area contributed by atoms with Crippen LogP contribution in [0.1, 0.15) is 85.9 Å². The van der Waals surface area contributed by atoms with Crippen LogP contribution in [0.2, 0.25) is 0 Å². The third kappa shape index (κ3) is 8.09. The van der Waals surface area contributed by atoms with Gasteiger partial charge in [0.05, 0.1) is 6.54 Å². The minimum atomic E-state index is -4.21. The molecule has 10 nitrogen and oxygen atoms in total. The fourth-order valence-electron chi connectivity index (χ4n) is 5.56. The number of amides is 2. The summed E-state index contributed by atoms with van der Waals surface area (Å²) in [6.45, 7) is 11.9. The van der Waals surface area contributed by atoms with Gasteiger partial charge in [-0.15, -0.1) is 0 Å². The maximum atomic E-state index is 12.4. The summed E-state index contributed by atoms with van der Waals surface area (Å²) < 4.78 is 46.8. The predicted molar refractivity (Wildman–Crippen MR) is 144 cm³/mol. The fourth-order valence-corrected chi connectivity index (χ4v) is 5.56. The molecule has 3 unspecified atom stereocenters. The van der Waals surface area contributed by atoms with E-state index in [2.05, 4.69) is 53.5 Å². The largest absolute Gasteiger partial charge is 0.401 e. The zero-order valence-corrected chi connectivity index (χ0v) is 24.4. The monoisotopic (exact) mass is 582 g/mol. The highest BCUT2D eigenvalue weighted by molar-refractivity contribution is 5.93. The van der Waals surface area contributed by atoms with E-state index >= 15 is 0 Å². The predicted octanol–water partition coefficient (Wildman–Crippen LogP) is 3.92. The molecule has 2 amide bonds. The average molecular weight is 583 g/mol. The number of carbonyl (C=O) groups excluding carboxylic acids is 2. The first-order valence-corrected chi connectivity index (χ1v) is 14.3. The molecular weight excluding hydrogens is 541 g/mol. The van der Waals surface area contributed by atoms with Crippen LogP contribution in [-0.4, -0.2) is 89.0 Å². The van der Waals surface area contributed by atoms with Crippen molar-refractivity contribution in [3.63, 3.8) is 0 Å². The van der Waals surface area contributed by atoms with E-state index in [0.29, 0.717) is 36.4 Å². The van der Waals surface area contributed by atoms with Crippen molar-refractivity contribution in [2.24, 2.45) is 5.92 Å². The van der Waals surface area contributed by atoms with Gasteiger partial charge in [0.25, 0.3) is 11.8 Å². The molecule has 0 spiro atoms. The molecule has 1 aliphatic carbocycles. The van der Waals surface area contributed by atoms with Crippen LogP contribution < -0.4 is 10.6 Å². The summed E-state index contributed by atoms with van der Waals surface area (Å²) in [4.78, 5) is 27.8. The second-order valence-electron chi connectivity index (χ2n) is 12.2. The Morgan fingerprint density at radius 2 is 1.73 bits per heavy atom. The number of nitrogens with zero attached hydrogens (tertiary/aromatic N) is 4. The van der Waals surface area contributed by atoms with E-state index < -0.39 is 18.6 Å². The molecule has 228 valence electrons. The first kappa shape index (κ1) is 31.0. The Morgan fingerprint density at radius 3 is 2.29 bits per heavy atom. The molecule has 3 atom stereocenters. The Labute approximate surface area is 238 Å². The Kier molecular flexibility index (Phi) is 9.47. The number of nitrogens with one attached hydrogen (secondary N) is 2. The summed E-state index contributed by atoms with van der Waals surface area (Å²) in [5, 5.41) is 13.3. The van der Waals surface area contributed by atoms with Crippen LogP contribution in [0.4, 0.5) is 13.2 Å². The van der Waals surface area contributed by atoms with Gasteiger partial charge in [-0.1, -0.05) is 30.6 Å². The lowest BCUT2D eigenvalue weighted by Gasteiger charge is -2.35. The lowest BCUT2D eigenvalue weighted by atomic mass is 9.69. The number of alkyl halides is 3. The van der Waals surface area contributed by atoms with Gasteiger partial charge in [0.15, 0.2) is 11.4 Å². The van der Waals surface area contributed by atoms with Crippen LogP contribution in [0.5, 0.6) is 0 Å². The molecule has 2 saturated heterocycles. The molecule has 3 fully saturated rings. The number of rotatable bonds is 7. The molecule has 1 saturated carbocycles. The number of hydrogen-bond donors (Lipinski definition) is 2. The van der Waals surface area contributed by atoms with Crippen molar-refractivity contribution >= 4 is 11.8 Å². The average Bonchev–Trinajstić information content (AvgIpc) is 3.66. The summed E-state index contributed by atoms with van der Waals surface area (Å²) in [5.41, 5.74) is 0.644. The summed E-state index contributed by atoms with van der Waals surface area (Å²) in [6.07, 6.45) is -0.247. The van der Waals surface area contributed by atoms with Crippen LogP contribution in [0.25, 0.3) is 0 Å². The molecule has 0 aromatic carbocycles. The van der Waals surface area contributed by atoms with Crippen LogP contribution in [0, 0.1) is 12.8 Å². The van der Waals surface area contributed by atoms with Gasteiger partial charge >= 0.3 is 6.18 Å². The number of carbonyl (C=O) groups is 2. The van der Waals surface area contributed by atoms with Crippen LogP contribution in [-0.2, 0) is 5.41 Å². The Morgan fingerprint density at radius 1 is 1.07 bits per heavy atom. The van der Waals surface area contributed by atoms with Gasteiger partial charge in [0.2, 0.25) is 0 Å². The van der Waals surface area contributed by atoms with E-state index in [1.165, 1.54) is 17.4 Å². The van der Waals surface area contributed by atoms with Crippen molar-refractivity contribution in [3.8, 4) is 0 Å². The second kappa shape index (κ2) is 12.5. The zero-order chi connectivity index (χ0) is 29.9. The normalized spacial score (nSPS) is 24.6. The van der Waals surface area contributed by atoms with E-state index in [1.807, 2.05) is 6.07 Å². The minimum Gasteiger partial charge on any atom is -0.361 e. The second-order valence-corrected chi connectivity index (χ2v) is 12.2. The van der Waals surface area contributed by atoms with Crippen LogP contribution >= 0.6 is 0 Å². The standard InChI is InChI=1S/C17H27N3O2.C11H14F3N3O2/c1-11(2)20-9-12(3)14(10-20)18-16(21)13-8-15(22-19-13)17(4)6-5-7-17;1-7-4-9(16-19-7)10(18)15-8-2-3-17(5-8)6-11(12,13)14/h8,11-12,14H,5-7,9-10H2,1-4H3,(H,18,21);4,8H,2-3,5-6H2,1H3,(H,15,18). The first-order chi connectivity index (χ1) is 19.2. The molecule has 2 aliphatic heterocycles. The zero-order valence-electron chi connectivity index (χ0n) is 24.4. The maximum absolute atomic E-state index is 12.4. The molecular formula is C28H41F3N6O4. The highest BCUT2D eigenvalue weighted by Gasteiger charge is 2.39. The molecule has 41 heavy (non-hydrogen) atoms. The van der Waals surface area contributed by atoms with Crippen molar-refractivity contribution in [3.05, 3.63) is 35.0 Å². The van der Waals surface area contributed by atoms with Gasteiger partial charge in [-0.2, -0.15) is 13.2 Å². The highest BCUT2D eigenvalue weighted by Crippen LogP contribution is 2.43. The van der Waals surface area contributed by atoms with E-state index in [0.717, 1.165) is 31.7 Å². The van der Waals surface area contributed by atoms with Gasteiger partial charge in [0, 0.05) is 61.9 Å². The number of halogens is 3. The van der Waals surface area contributed by atoms with Crippen molar-refractivity contribution in [2.75, 3.05) is 32.7 Å². The van der Waals surface area contributed by atoms with Crippen molar-refractivity contribution in [1.82, 2.24) is 30.7 Å². The third-order valence-electron chi connectivity index (χ3n) is 8.35. The summed E-state index contributed by atoms with van der Waals surface area (Å²) >= 11 is 0. The minimum absolute atomic E-state index is 0.0840. The van der Waals surface area contributed by atoms with Gasteiger partial charge in [0.1, 0.15) is 11.5 Å². The van der Waals surface area contributed by atoms with E-state index in [9.17, 15) is 22.8 Å². The van der Waals surface area contributed by atoms with Crippen LogP contribution in [0.3, 0.4) is 0 Å². The van der Waals surface area contributed by atoms with Gasteiger partial charge < -0.3 is 19.7 Å².